The number of imidazole rings is 1. The van der Waals surface area contributed by atoms with Crippen molar-refractivity contribution in [2.75, 3.05) is 6.54 Å². The predicted molar refractivity (Wildman–Crippen MR) is 46.3 cm³/mol. The molecule has 2 rings (SSSR count). The third-order valence-corrected chi connectivity index (χ3v) is 2.36. The lowest BCUT2D eigenvalue weighted by Gasteiger charge is -2.04. The first-order valence-corrected chi connectivity index (χ1v) is 4.60. The summed E-state index contributed by atoms with van der Waals surface area (Å²) in [6.45, 7) is 1.11. The lowest BCUT2D eigenvalue weighted by atomic mass is 10.2. The summed E-state index contributed by atoms with van der Waals surface area (Å²) < 4.78 is 0.890. The van der Waals surface area contributed by atoms with Gasteiger partial charge in [0, 0.05) is 6.20 Å². The minimum atomic E-state index is 0.446. The minimum absolute atomic E-state index is 0.446. The molecule has 1 atom stereocenters. The zero-order chi connectivity index (χ0) is 7.68. The number of H-pyrrole nitrogens is 1. The van der Waals surface area contributed by atoms with Crippen molar-refractivity contribution >= 4 is 15.9 Å². The quantitative estimate of drug-likeness (QED) is 0.748. The average molecular weight is 216 g/mol. The van der Waals surface area contributed by atoms with Crippen LogP contribution in [0.4, 0.5) is 0 Å². The topological polar surface area (TPSA) is 40.7 Å². The van der Waals surface area contributed by atoms with E-state index in [-0.39, 0.29) is 0 Å². The first kappa shape index (κ1) is 7.31. The summed E-state index contributed by atoms with van der Waals surface area (Å²) in [7, 11) is 0. The number of hydrogen-bond donors (Lipinski definition) is 2. The van der Waals surface area contributed by atoms with Gasteiger partial charge in [-0.2, -0.15) is 0 Å². The van der Waals surface area contributed by atoms with Crippen molar-refractivity contribution in [1.29, 1.82) is 0 Å². The molecule has 4 heteroatoms. The zero-order valence-corrected chi connectivity index (χ0v) is 7.69. The largest absolute Gasteiger partial charge is 0.346 e. The molecule has 0 spiro atoms. The van der Waals surface area contributed by atoms with Crippen molar-refractivity contribution in [2.24, 2.45) is 0 Å². The molecular formula is C7H10BrN3. The van der Waals surface area contributed by atoms with Crippen LogP contribution in [0.3, 0.4) is 0 Å². The second-order valence-corrected chi connectivity index (χ2v) is 3.57. The van der Waals surface area contributed by atoms with Crippen LogP contribution >= 0.6 is 15.9 Å². The predicted octanol–water partition coefficient (Wildman–Crippen LogP) is 1.60. The molecule has 2 N–H and O–H groups in total. The summed E-state index contributed by atoms with van der Waals surface area (Å²) in [6, 6.07) is 0.446. The Labute approximate surface area is 73.7 Å². The highest BCUT2D eigenvalue weighted by atomic mass is 79.9. The summed E-state index contributed by atoms with van der Waals surface area (Å²) in [5.41, 5.74) is 0. The maximum atomic E-state index is 4.29. The van der Waals surface area contributed by atoms with Crippen LogP contribution in [0, 0.1) is 0 Å². The second kappa shape index (κ2) is 2.95. The molecule has 1 fully saturated rings. The fraction of sp³-hybridized carbons (Fsp3) is 0.571. The summed E-state index contributed by atoms with van der Waals surface area (Å²) in [5, 5.41) is 3.37. The Morgan fingerprint density at radius 3 is 3.09 bits per heavy atom. The van der Waals surface area contributed by atoms with Crippen molar-refractivity contribution < 1.29 is 0 Å². The molecule has 0 aromatic carbocycles. The van der Waals surface area contributed by atoms with Crippen LogP contribution in [-0.2, 0) is 0 Å². The molecule has 0 amide bonds. The van der Waals surface area contributed by atoms with E-state index in [2.05, 4.69) is 31.2 Å². The number of aromatic amines is 1. The number of aromatic nitrogens is 2. The highest BCUT2D eigenvalue weighted by Crippen LogP contribution is 2.21. The SMILES string of the molecule is Brc1c[nH]c([C@@H]2CCCN2)n1. The van der Waals surface area contributed by atoms with E-state index in [1.807, 2.05) is 6.20 Å². The van der Waals surface area contributed by atoms with Gasteiger partial charge in [0.05, 0.1) is 6.04 Å². The lowest BCUT2D eigenvalue weighted by molar-refractivity contribution is 0.612. The summed E-state index contributed by atoms with van der Waals surface area (Å²) >= 11 is 3.31. The molecule has 1 saturated heterocycles. The maximum absolute atomic E-state index is 4.29. The van der Waals surface area contributed by atoms with Crippen LogP contribution in [-0.4, -0.2) is 16.5 Å². The number of nitrogens with zero attached hydrogens (tertiary/aromatic N) is 1. The maximum Gasteiger partial charge on any atom is 0.124 e. The fourth-order valence-electron chi connectivity index (χ4n) is 1.41. The van der Waals surface area contributed by atoms with E-state index in [0.29, 0.717) is 6.04 Å². The van der Waals surface area contributed by atoms with E-state index in [1.54, 1.807) is 0 Å². The van der Waals surface area contributed by atoms with Crippen LogP contribution in [0.2, 0.25) is 0 Å². The Morgan fingerprint density at radius 2 is 2.55 bits per heavy atom. The molecule has 11 heavy (non-hydrogen) atoms. The van der Waals surface area contributed by atoms with Crippen LogP contribution in [0.5, 0.6) is 0 Å². The Hall–Kier alpha value is -0.350. The fourth-order valence-corrected chi connectivity index (χ4v) is 1.72. The summed E-state index contributed by atoms with van der Waals surface area (Å²) in [4.78, 5) is 7.42. The molecule has 1 aliphatic heterocycles. The molecule has 3 nitrogen and oxygen atoms in total. The molecule has 1 aromatic rings. The lowest BCUT2D eigenvalue weighted by Crippen LogP contribution is -2.13. The number of nitrogens with one attached hydrogen (secondary N) is 2. The highest BCUT2D eigenvalue weighted by molar-refractivity contribution is 9.10. The first-order valence-electron chi connectivity index (χ1n) is 3.80. The van der Waals surface area contributed by atoms with Gasteiger partial charge in [0.25, 0.3) is 0 Å². The summed E-state index contributed by atoms with van der Waals surface area (Å²) in [5.74, 6) is 1.05. The van der Waals surface area contributed by atoms with Crippen molar-refractivity contribution in [2.45, 2.75) is 18.9 Å². The van der Waals surface area contributed by atoms with Crippen LogP contribution < -0.4 is 5.32 Å². The first-order chi connectivity index (χ1) is 5.36. The van der Waals surface area contributed by atoms with Crippen molar-refractivity contribution in [3.05, 3.63) is 16.6 Å². The highest BCUT2D eigenvalue weighted by Gasteiger charge is 2.18. The van der Waals surface area contributed by atoms with Crippen LogP contribution in [0.25, 0.3) is 0 Å². The smallest absolute Gasteiger partial charge is 0.124 e. The molecule has 1 aromatic heterocycles. The molecule has 60 valence electrons. The Bertz CT molecular complexity index is 240. The van der Waals surface area contributed by atoms with Gasteiger partial charge in [-0.15, -0.1) is 0 Å². The van der Waals surface area contributed by atoms with Gasteiger partial charge < -0.3 is 10.3 Å². The van der Waals surface area contributed by atoms with Crippen molar-refractivity contribution in [3.63, 3.8) is 0 Å². The Balaban J connectivity index is 2.15. The van der Waals surface area contributed by atoms with Gasteiger partial charge in [0.1, 0.15) is 10.4 Å². The monoisotopic (exact) mass is 215 g/mol. The van der Waals surface area contributed by atoms with Crippen LogP contribution in [0.1, 0.15) is 24.7 Å². The molecular weight excluding hydrogens is 206 g/mol. The van der Waals surface area contributed by atoms with E-state index < -0.39 is 0 Å². The molecule has 0 radical (unpaired) electrons. The molecule has 2 heterocycles. The van der Waals surface area contributed by atoms with Gasteiger partial charge in [-0.05, 0) is 35.3 Å². The van der Waals surface area contributed by atoms with Crippen molar-refractivity contribution in [1.82, 2.24) is 15.3 Å². The van der Waals surface area contributed by atoms with E-state index >= 15 is 0 Å². The number of rotatable bonds is 1. The van der Waals surface area contributed by atoms with Crippen LogP contribution in [0.15, 0.2) is 10.8 Å². The van der Waals surface area contributed by atoms with Gasteiger partial charge in [-0.25, -0.2) is 4.98 Å². The Morgan fingerprint density at radius 1 is 1.64 bits per heavy atom. The van der Waals surface area contributed by atoms with E-state index in [0.717, 1.165) is 17.0 Å². The normalized spacial score (nSPS) is 24.3. The molecule has 0 aliphatic carbocycles. The van der Waals surface area contributed by atoms with Gasteiger partial charge in [-0.1, -0.05) is 0 Å². The molecule has 0 unspecified atom stereocenters. The standard InChI is InChI=1S/C7H10BrN3/c8-6-4-10-7(11-6)5-2-1-3-9-5/h4-5,9H,1-3H2,(H,10,11)/t5-/m0/s1. The number of halogens is 1. The average Bonchev–Trinajstić information content (AvgIpc) is 2.55. The van der Waals surface area contributed by atoms with Gasteiger partial charge in [0.2, 0.25) is 0 Å². The van der Waals surface area contributed by atoms with Gasteiger partial charge >= 0.3 is 0 Å². The molecule has 0 bridgehead atoms. The zero-order valence-electron chi connectivity index (χ0n) is 6.10. The van der Waals surface area contributed by atoms with Gasteiger partial charge in [0.15, 0.2) is 0 Å². The van der Waals surface area contributed by atoms with Crippen molar-refractivity contribution in [3.8, 4) is 0 Å². The second-order valence-electron chi connectivity index (χ2n) is 2.76. The number of hydrogen-bond acceptors (Lipinski definition) is 2. The van der Waals surface area contributed by atoms with E-state index in [4.69, 9.17) is 0 Å². The van der Waals surface area contributed by atoms with Gasteiger partial charge in [-0.3, -0.25) is 0 Å². The minimum Gasteiger partial charge on any atom is -0.346 e. The van der Waals surface area contributed by atoms with E-state index in [9.17, 15) is 0 Å². The third kappa shape index (κ3) is 1.46. The third-order valence-electron chi connectivity index (χ3n) is 1.96. The van der Waals surface area contributed by atoms with E-state index in [1.165, 1.54) is 12.8 Å². The molecule has 0 saturated carbocycles. The molecule has 1 aliphatic rings. The Kier molecular flexibility index (Phi) is 1.96. The summed E-state index contributed by atoms with van der Waals surface area (Å²) in [6.07, 6.45) is 4.32.